The fourth-order valence-corrected chi connectivity index (χ4v) is 4.84. The van der Waals surface area contributed by atoms with Gasteiger partial charge in [-0.05, 0) is 43.5 Å². The van der Waals surface area contributed by atoms with Gasteiger partial charge in [0.15, 0.2) is 9.84 Å². The zero-order chi connectivity index (χ0) is 17.9. The summed E-state index contributed by atoms with van der Waals surface area (Å²) in [4.78, 5) is 10.9. The van der Waals surface area contributed by atoms with E-state index in [1.165, 1.54) is 5.56 Å². The Kier molecular flexibility index (Phi) is 5.22. The maximum atomic E-state index is 11.8. The highest BCUT2D eigenvalue weighted by molar-refractivity contribution is 7.91. The van der Waals surface area contributed by atoms with Gasteiger partial charge in [0.05, 0.1) is 11.5 Å². The minimum atomic E-state index is -2.94. The molecule has 134 valence electrons. The summed E-state index contributed by atoms with van der Waals surface area (Å²) in [5.41, 5.74) is 2.25. The van der Waals surface area contributed by atoms with Crippen LogP contribution in [0.5, 0.6) is 0 Å². The highest BCUT2D eigenvalue weighted by Gasteiger charge is 2.32. The number of aromatic nitrogens is 2. The molecule has 2 heterocycles. The molecular formula is C18H24N4O2S. The third-order valence-electron chi connectivity index (χ3n) is 4.52. The normalized spacial score (nSPS) is 18.9. The largest absolute Gasteiger partial charge is 0.340 e. The van der Waals surface area contributed by atoms with Crippen LogP contribution in [0.1, 0.15) is 25.8 Å². The van der Waals surface area contributed by atoms with E-state index in [4.69, 9.17) is 0 Å². The van der Waals surface area contributed by atoms with E-state index in [9.17, 15) is 8.42 Å². The van der Waals surface area contributed by atoms with E-state index in [-0.39, 0.29) is 17.5 Å². The Balaban J connectivity index is 1.77. The first-order valence-corrected chi connectivity index (χ1v) is 10.5. The lowest BCUT2D eigenvalue weighted by molar-refractivity contribution is 0.599. The van der Waals surface area contributed by atoms with Crippen molar-refractivity contribution in [1.82, 2.24) is 9.97 Å². The molecule has 1 aromatic carbocycles. The molecule has 6 nitrogen and oxygen atoms in total. The molecule has 0 amide bonds. The average molecular weight is 360 g/mol. The molecule has 0 radical (unpaired) electrons. The number of nitrogens with one attached hydrogen (secondary N) is 1. The summed E-state index contributed by atoms with van der Waals surface area (Å²) in [6.07, 6.45) is 3.35. The summed E-state index contributed by atoms with van der Waals surface area (Å²) in [6.45, 7) is 4.80. The van der Waals surface area contributed by atoms with Gasteiger partial charge in [0.1, 0.15) is 5.82 Å². The predicted octanol–water partition coefficient (Wildman–Crippen LogP) is 2.80. The second kappa shape index (κ2) is 7.39. The van der Waals surface area contributed by atoms with E-state index in [1.54, 1.807) is 6.20 Å². The molecule has 0 aliphatic carbocycles. The van der Waals surface area contributed by atoms with Crippen molar-refractivity contribution in [2.45, 2.75) is 32.7 Å². The summed E-state index contributed by atoms with van der Waals surface area (Å²) in [7, 11) is -2.94. The number of anilines is 3. The van der Waals surface area contributed by atoms with Crippen molar-refractivity contribution in [3.63, 3.8) is 0 Å². The number of nitrogens with zero attached hydrogens (tertiary/aromatic N) is 3. The Morgan fingerprint density at radius 1 is 1.20 bits per heavy atom. The molecule has 7 heteroatoms. The number of hydrogen-bond donors (Lipinski definition) is 1. The van der Waals surface area contributed by atoms with Crippen LogP contribution in [0.25, 0.3) is 0 Å². The predicted molar refractivity (Wildman–Crippen MR) is 101 cm³/mol. The van der Waals surface area contributed by atoms with Crippen molar-refractivity contribution in [1.29, 1.82) is 0 Å². The molecule has 0 spiro atoms. The van der Waals surface area contributed by atoms with Crippen molar-refractivity contribution in [3.05, 3.63) is 42.1 Å². The van der Waals surface area contributed by atoms with Crippen molar-refractivity contribution in [2.75, 3.05) is 28.3 Å². The minimum absolute atomic E-state index is 0.0471. The molecule has 1 aliphatic heterocycles. The molecule has 25 heavy (non-hydrogen) atoms. The monoisotopic (exact) mass is 360 g/mol. The molecule has 2 aromatic rings. The summed E-state index contributed by atoms with van der Waals surface area (Å²) in [6, 6.07) is 10.0. The Bertz CT molecular complexity index is 821. The maximum absolute atomic E-state index is 11.8. The fourth-order valence-electron chi connectivity index (χ4n) is 3.11. The smallest absolute Gasteiger partial charge is 0.227 e. The van der Waals surface area contributed by atoms with Gasteiger partial charge in [0, 0.05) is 24.5 Å². The molecule has 1 aromatic heterocycles. The number of rotatable bonds is 6. The van der Waals surface area contributed by atoms with Gasteiger partial charge in [-0.1, -0.05) is 19.1 Å². The van der Waals surface area contributed by atoms with E-state index >= 15 is 0 Å². The van der Waals surface area contributed by atoms with Gasteiger partial charge in [0.25, 0.3) is 0 Å². The lowest BCUT2D eigenvalue weighted by Gasteiger charge is -2.26. The summed E-state index contributed by atoms with van der Waals surface area (Å²) in [5, 5.41) is 3.29. The summed E-state index contributed by atoms with van der Waals surface area (Å²) in [5.74, 6) is 1.70. The van der Waals surface area contributed by atoms with Crippen molar-refractivity contribution in [2.24, 2.45) is 0 Å². The lowest BCUT2D eigenvalue weighted by Crippen LogP contribution is -2.37. The van der Waals surface area contributed by atoms with Crippen LogP contribution in [0.2, 0.25) is 0 Å². The van der Waals surface area contributed by atoms with Crippen LogP contribution >= 0.6 is 0 Å². The molecular weight excluding hydrogens is 336 g/mol. The van der Waals surface area contributed by atoms with Crippen molar-refractivity contribution in [3.8, 4) is 0 Å². The first kappa shape index (κ1) is 17.7. The number of sulfone groups is 1. The number of aryl methyl sites for hydroxylation is 1. The summed E-state index contributed by atoms with van der Waals surface area (Å²) >= 11 is 0. The third-order valence-corrected chi connectivity index (χ3v) is 6.27. The van der Waals surface area contributed by atoms with Gasteiger partial charge in [-0.15, -0.1) is 0 Å². The van der Waals surface area contributed by atoms with Crippen LogP contribution in [0.4, 0.5) is 17.5 Å². The molecule has 0 bridgehead atoms. The quantitative estimate of drug-likeness (QED) is 0.854. The molecule has 1 aliphatic rings. The van der Waals surface area contributed by atoms with E-state index < -0.39 is 9.84 Å². The Labute approximate surface area is 149 Å². The fraction of sp³-hybridized carbons (Fsp3) is 0.444. The number of benzene rings is 1. The minimum Gasteiger partial charge on any atom is -0.340 e. The van der Waals surface area contributed by atoms with E-state index in [1.807, 2.05) is 30.0 Å². The van der Waals surface area contributed by atoms with Crippen LogP contribution in [0, 0.1) is 0 Å². The van der Waals surface area contributed by atoms with Gasteiger partial charge in [-0.25, -0.2) is 13.4 Å². The molecule has 1 unspecified atom stereocenters. The third kappa shape index (κ3) is 4.28. The highest BCUT2D eigenvalue weighted by atomic mass is 32.2. The molecule has 1 atom stereocenters. The van der Waals surface area contributed by atoms with E-state index in [0.29, 0.717) is 24.7 Å². The molecule has 1 fully saturated rings. The topological polar surface area (TPSA) is 75.2 Å². The van der Waals surface area contributed by atoms with Gasteiger partial charge >= 0.3 is 0 Å². The first-order chi connectivity index (χ1) is 12.0. The highest BCUT2D eigenvalue weighted by Crippen LogP contribution is 2.23. The zero-order valence-corrected chi connectivity index (χ0v) is 15.5. The standard InChI is InChI=1S/C18H24N4O2S/c1-3-14-5-7-15(8-6-14)20-17-9-11-19-18(21-17)22(4-2)16-10-12-25(23,24)13-16/h5-9,11,16H,3-4,10,12-13H2,1-2H3,(H,19,20,21). The average Bonchev–Trinajstić information content (AvgIpc) is 2.96. The van der Waals surface area contributed by atoms with Crippen LogP contribution in [0.3, 0.4) is 0 Å². The first-order valence-electron chi connectivity index (χ1n) is 8.67. The van der Waals surface area contributed by atoms with Crippen LogP contribution in [-0.4, -0.2) is 42.5 Å². The van der Waals surface area contributed by atoms with E-state index in [0.717, 1.165) is 12.1 Å². The van der Waals surface area contributed by atoms with E-state index in [2.05, 4.69) is 34.3 Å². The van der Waals surface area contributed by atoms with Crippen molar-refractivity contribution < 1.29 is 8.42 Å². The summed E-state index contributed by atoms with van der Waals surface area (Å²) < 4.78 is 23.5. The Morgan fingerprint density at radius 2 is 1.96 bits per heavy atom. The molecule has 1 saturated heterocycles. The van der Waals surface area contributed by atoms with Gasteiger partial charge in [-0.2, -0.15) is 4.98 Å². The number of hydrogen-bond acceptors (Lipinski definition) is 6. The Morgan fingerprint density at radius 3 is 2.56 bits per heavy atom. The second-order valence-corrected chi connectivity index (χ2v) is 8.49. The van der Waals surface area contributed by atoms with Gasteiger partial charge < -0.3 is 10.2 Å². The van der Waals surface area contributed by atoms with Gasteiger partial charge in [0.2, 0.25) is 5.95 Å². The Hall–Kier alpha value is -2.15. The van der Waals surface area contributed by atoms with Crippen LogP contribution in [-0.2, 0) is 16.3 Å². The van der Waals surface area contributed by atoms with Crippen LogP contribution < -0.4 is 10.2 Å². The second-order valence-electron chi connectivity index (χ2n) is 6.26. The van der Waals surface area contributed by atoms with Crippen molar-refractivity contribution >= 4 is 27.3 Å². The zero-order valence-electron chi connectivity index (χ0n) is 14.6. The molecule has 1 N–H and O–H groups in total. The SMILES string of the molecule is CCc1ccc(Nc2ccnc(N(CC)C3CCS(=O)(=O)C3)n2)cc1. The molecule has 0 saturated carbocycles. The molecule has 3 rings (SSSR count). The maximum Gasteiger partial charge on any atom is 0.227 e. The lowest BCUT2D eigenvalue weighted by atomic mass is 10.1. The van der Waals surface area contributed by atoms with Gasteiger partial charge in [-0.3, -0.25) is 0 Å². The van der Waals surface area contributed by atoms with Crippen LogP contribution in [0.15, 0.2) is 36.5 Å².